The summed E-state index contributed by atoms with van der Waals surface area (Å²) in [4.78, 5) is 22.3. The molecule has 0 fully saturated rings. The number of hydrogen-bond donors (Lipinski definition) is 1. The largest absolute Gasteiger partial charge is 0.318 e. The van der Waals surface area contributed by atoms with Crippen LogP contribution >= 0.6 is 0 Å². The molecule has 0 saturated carbocycles. The minimum Gasteiger partial charge on any atom is -0.318 e. The van der Waals surface area contributed by atoms with E-state index in [1.165, 1.54) is 11.0 Å². The number of carbonyl (C=O) groups excluding carboxylic acids is 1. The van der Waals surface area contributed by atoms with Gasteiger partial charge in [0, 0.05) is 5.56 Å². The number of anilines is 1. The van der Waals surface area contributed by atoms with Crippen molar-refractivity contribution in [3.8, 4) is 17.1 Å². The summed E-state index contributed by atoms with van der Waals surface area (Å²) in [5, 5.41) is 11.0. The molecular formula is C19H14N6O. The topological polar surface area (TPSA) is 85.6 Å². The molecule has 2 heterocycles. The van der Waals surface area contributed by atoms with E-state index in [1.54, 1.807) is 12.4 Å². The zero-order chi connectivity index (χ0) is 17.8. The van der Waals surface area contributed by atoms with Crippen molar-refractivity contribution >= 4 is 11.6 Å². The molecule has 1 amide bonds. The van der Waals surface area contributed by atoms with Gasteiger partial charge in [0.05, 0.1) is 30.0 Å². The van der Waals surface area contributed by atoms with Crippen LogP contribution in [0.25, 0.3) is 17.1 Å². The highest BCUT2D eigenvalue weighted by Crippen LogP contribution is 2.15. The Morgan fingerprint density at radius 2 is 1.50 bits per heavy atom. The van der Waals surface area contributed by atoms with Gasteiger partial charge < -0.3 is 5.32 Å². The molecule has 4 aromatic rings. The third kappa shape index (κ3) is 3.32. The second-order valence-electron chi connectivity index (χ2n) is 5.47. The molecule has 0 atom stereocenters. The molecule has 0 bridgehead atoms. The monoisotopic (exact) mass is 342 g/mol. The Hall–Kier alpha value is -3.87. The molecule has 4 rings (SSSR count). The first-order valence-corrected chi connectivity index (χ1v) is 7.96. The van der Waals surface area contributed by atoms with Crippen molar-refractivity contribution in [2.45, 2.75) is 0 Å². The van der Waals surface area contributed by atoms with Gasteiger partial charge in [0.15, 0.2) is 11.5 Å². The van der Waals surface area contributed by atoms with Crippen molar-refractivity contribution in [1.29, 1.82) is 0 Å². The number of hydrogen-bond acceptors (Lipinski definition) is 5. The summed E-state index contributed by atoms with van der Waals surface area (Å²) >= 11 is 0. The molecule has 0 unspecified atom stereocenters. The summed E-state index contributed by atoms with van der Waals surface area (Å²) in [7, 11) is 0. The highest BCUT2D eigenvalue weighted by molar-refractivity contribution is 6.02. The summed E-state index contributed by atoms with van der Waals surface area (Å²) in [5.41, 5.74) is 2.39. The molecule has 0 radical (unpaired) electrons. The zero-order valence-electron chi connectivity index (χ0n) is 13.6. The molecule has 0 aliphatic heterocycles. The maximum absolute atomic E-state index is 12.3. The number of nitrogens with one attached hydrogen (secondary N) is 1. The minimum atomic E-state index is -0.372. The molecule has 126 valence electrons. The second kappa shape index (κ2) is 6.94. The Morgan fingerprint density at radius 1 is 0.846 bits per heavy atom. The molecule has 2 aromatic heterocycles. The van der Waals surface area contributed by atoms with E-state index in [-0.39, 0.29) is 11.6 Å². The van der Waals surface area contributed by atoms with E-state index < -0.39 is 0 Å². The molecule has 7 nitrogen and oxygen atoms in total. The Bertz CT molecular complexity index is 1010. The first-order valence-electron chi connectivity index (χ1n) is 7.96. The highest BCUT2D eigenvalue weighted by Gasteiger charge is 2.12. The van der Waals surface area contributed by atoms with Crippen LogP contribution < -0.4 is 5.32 Å². The van der Waals surface area contributed by atoms with Crippen LogP contribution in [0.2, 0.25) is 0 Å². The normalized spacial score (nSPS) is 10.5. The molecule has 2 aromatic carbocycles. The number of aromatic nitrogens is 5. The fraction of sp³-hybridized carbons (Fsp3) is 0. The van der Waals surface area contributed by atoms with Gasteiger partial charge in [-0.15, -0.1) is 5.10 Å². The Morgan fingerprint density at radius 3 is 2.19 bits per heavy atom. The van der Waals surface area contributed by atoms with Gasteiger partial charge >= 0.3 is 0 Å². The lowest BCUT2D eigenvalue weighted by Gasteiger charge is -2.04. The van der Waals surface area contributed by atoms with Crippen LogP contribution in [-0.4, -0.2) is 30.9 Å². The summed E-state index contributed by atoms with van der Waals surface area (Å²) in [5.74, 6) is 0.224. The quantitative estimate of drug-likeness (QED) is 0.616. The predicted octanol–water partition coefficient (Wildman–Crippen LogP) is 2.98. The molecule has 26 heavy (non-hydrogen) atoms. The minimum absolute atomic E-state index is 0.209. The fourth-order valence-corrected chi connectivity index (χ4v) is 2.38. The first-order chi connectivity index (χ1) is 12.8. The summed E-state index contributed by atoms with van der Waals surface area (Å²) in [6.45, 7) is 0. The van der Waals surface area contributed by atoms with Crippen LogP contribution in [0.15, 0.2) is 79.3 Å². The molecular weight excluding hydrogens is 328 g/mol. The van der Waals surface area contributed by atoms with E-state index in [9.17, 15) is 4.79 Å². The average molecular weight is 342 g/mol. The van der Waals surface area contributed by atoms with Crippen LogP contribution in [0.1, 0.15) is 10.5 Å². The van der Waals surface area contributed by atoms with Gasteiger partial charge in [-0.3, -0.25) is 4.79 Å². The fourth-order valence-electron chi connectivity index (χ4n) is 2.38. The number of benzene rings is 2. The van der Waals surface area contributed by atoms with Gasteiger partial charge in [-0.05, 0) is 12.1 Å². The van der Waals surface area contributed by atoms with Crippen molar-refractivity contribution in [2.24, 2.45) is 0 Å². The SMILES string of the molecule is O=C(Nc1cnc(-c2ccccc2)nc1)c1cnn(-c2ccccc2)n1. The van der Waals surface area contributed by atoms with Crippen molar-refractivity contribution in [3.63, 3.8) is 0 Å². The van der Waals surface area contributed by atoms with Gasteiger partial charge in [-0.2, -0.15) is 9.90 Å². The predicted molar refractivity (Wildman–Crippen MR) is 96.8 cm³/mol. The third-order valence-electron chi connectivity index (χ3n) is 3.65. The second-order valence-corrected chi connectivity index (χ2v) is 5.47. The van der Waals surface area contributed by atoms with Crippen molar-refractivity contribution in [1.82, 2.24) is 25.0 Å². The lowest BCUT2D eigenvalue weighted by Crippen LogP contribution is -2.13. The van der Waals surface area contributed by atoms with Crippen molar-refractivity contribution in [3.05, 3.63) is 84.9 Å². The molecule has 0 aliphatic carbocycles. The Labute approximate surface area is 149 Å². The van der Waals surface area contributed by atoms with E-state index in [0.717, 1.165) is 11.3 Å². The maximum Gasteiger partial charge on any atom is 0.277 e. The number of carbonyl (C=O) groups is 1. The number of nitrogens with zero attached hydrogens (tertiary/aromatic N) is 5. The van der Waals surface area contributed by atoms with Crippen molar-refractivity contribution < 1.29 is 4.79 Å². The summed E-state index contributed by atoms with van der Waals surface area (Å²) < 4.78 is 0. The number of amides is 1. The van der Waals surface area contributed by atoms with Gasteiger partial charge in [0.2, 0.25) is 0 Å². The van der Waals surface area contributed by atoms with E-state index in [2.05, 4.69) is 25.5 Å². The molecule has 0 spiro atoms. The van der Waals surface area contributed by atoms with Crippen LogP contribution in [0.3, 0.4) is 0 Å². The molecule has 0 aliphatic rings. The van der Waals surface area contributed by atoms with Crippen molar-refractivity contribution in [2.75, 3.05) is 5.32 Å². The molecule has 0 saturated heterocycles. The summed E-state index contributed by atoms with van der Waals surface area (Å²) in [6, 6.07) is 19.0. The van der Waals surface area contributed by atoms with Crippen LogP contribution in [0.5, 0.6) is 0 Å². The zero-order valence-corrected chi connectivity index (χ0v) is 13.6. The summed E-state index contributed by atoms with van der Waals surface area (Å²) in [6.07, 6.45) is 4.55. The molecule has 7 heteroatoms. The third-order valence-corrected chi connectivity index (χ3v) is 3.65. The van der Waals surface area contributed by atoms with E-state index in [0.29, 0.717) is 11.5 Å². The van der Waals surface area contributed by atoms with Crippen LogP contribution in [0.4, 0.5) is 5.69 Å². The smallest absolute Gasteiger partial charge is 0.277 e. The average Bonchev–Trinajstić information content (AvgIpc) is 3.20. The lowest BCUT2D eigenvalue weighted by molar-refractivity contribution is 0.102. The molecule has 1 N–H and O–H groups in total. The van der Waals surface area contributed by atoms with E-state index >= 15 is 0 Å². The van der Waals surface area contributed by atoms with E-state index in [4.69, 9.17) is 0 Å². The number of rotatable bonds is 4. The first kappa shape index (κ1) is 15.6. The number of para-hydroxylation sites is 1. The standard InChI is InChI=1S/C19H14N6O/c26-19(17-13-22-25(24-17)16-9-5-2-6-10-16)23-15-11-20-18(21-12-15)14-7-3-1-4-8-14/h1-13H,(H,23,26). The highest BCUT2D eigenvalue weighted by atomic mass is 16.2. The lowest BCUT2D eigenvalue weighted by atomic mass is 10.2. The van der Waals surface area contributed by atoms with Gasteiger partial charge in [0.25, 0.3) is 5.91 Å². The van der Waals surface area contributed by atoms with Gasteiger partial charge in [-0.1, -0.05) is 48.5 Å². The van der Waals surface area contributed by atoms with E-state index in [1.807, 2.05) is 60.7 Å². The Kier molecular flexibility index (Phi) is 4.17. The Balaban J connectivity index is 1.48. The maximum atomic E-state index is 12.3. The van der Waals surface area contributed by atoms with Crippen LogP contribution in [-0.2, 0) is 0 Å². The van der Waals surface area contributed by atoms with Gasteiger partial charge in [0.1, 0.15) is 0 Å². The van der Waals surface area contributed by atoms with Gasteiger partial charge in [-0.25, -0.2) is 9.97 Å². The van der Waals surface area contributed by atoms with Crippen LogP contribution in [0, 0.1) is 0 Å².